The smallest absolute Gasteiger partial charge is 0.137 e. The average molecular weight is 246 g/mol. The molecular formula is C15H22N2O. The largest absolute Gasteiger partial charge is 0.371 e. The molecule has 1 aliphatic rings. The van der Waals surface area contributed by atoms with Crippen LogP contribution in [0.3, 0.4) is 0 Å². The van der Waals surface area contributed by atoms with Gasteiger partial charge in [0.15, 0.2) is 0 Å². The molecule has 0 atom stereocenters. The second-order valence-corrected chi connectivity index (χ2v) is 5.77. The number of carbonyl (C=O) groups is 1. The van der Waals surface area contributed by atoms with Gasteiger partial charge in [0.2, 0.25) is 0 Å². The third-order valence-electron chi connectivity index (χ3n) is 3.88. The van der Waals surface area contributed by atoms with E-state index in [2.05, 4.69) is 41.1 Å². The molecule has 0 amide bonds. The normalized spacial score (nSPS) is 15.6. The molecule has 0 bridgehead atoms. The van der Waals surface area contributed by atoms with Crippen molar-refractivity contribution in [2.75, 3.05) is 36.5 Å². The first-order valence-corrected chi connectivity index (χ1v) is 6.48. The molecule has 0 unspecified atom stereocenters. The van der Waals surface area contributed by atoms with Gasteiger partial charge in [-0.3, -0.25) is 4.79 Å². The number of likely N-dealkylation sites (N-methyl/N-ethyl adjacent to an activating group) is 1. The maximum Gasteiger partial charge on any atom is 0.137 e. The topological polar surface area (TPSA) is 23.6 Å². The molecule has 0 aromatic heterocycles. The van der Waals surface area contributed by atoms with E-state index in [-0.39, 0.29) is 11.2 Å². The predicted molar refractivity (Wildman–Crippen MR) is 76.4 cm³/mol. The van der Waals surface area contributed by atoms with Gasteiger partial charge in [-0.15, -0.1) is 0 Å². The van der Waals surface area contributed by atoms with Gasteiger partial charge in [-0.2, -0.15) is 0 Å². The zero-order valence-electron chi connectivity index (χ0n) is 11.7. The zero-order chi connectivity index (χ0) is 13.3. The number of carbonyl (C=O) groups excluding carboxylic acids is 1. The van der Waals surface area contributed by atoms with Gasteiger partial charge in [0, 0.05) is 32.1 Å². The van der Waals surface area contributed by atoms with Gasteiger partial charge in [-0.05, 0) is 19.1 Å². The van der Waals surface area contributed by atoms with E-state index in [9.17, 15) is 4.79 Å². The average Bonchev–Trinajstić information content (AvgIpc) is 2.33. The van der Waals surface area contributed by atoms with Crippen molar-refractivity contribution in [3.63, 3.8) is 0 Å². The van der Waals surface area contributed by atoms with E-state index in [1.165, 1.54) is 11.4 Å². The van der Waals surface area contributed by atoms with E-state index < -0.39 is 0 Å². The molecular weight excluding hydrogens is 224 g/mol. The van der Waals surface area contributed by atoms with Gasteiger partial charge < -0.3 is 9.80 Å². The number of para-hydroxylation sites is 2. The SMILES string of the molecule is CC(=O)C(C)(C)CN1CCN(C)c2ccccc21. The summed E-state index contributed by atoms with van der Waals surface area (Å²) in [5, 5.41) is 0. The van der Waals surface area contributed by atoms with Crippen LogP contribution in [0.25, 0.3) is 0 Å². The highest BCUT2D eigenvalue weighted by Crippen LogP contribution is 2.33. The van der Waals surface area contributed by atoms with Crippen LogP contribution in [0.2, 0.25) is 0 Å². The van der Waals surface area contributed by atoms with Gasteiger partial charge >= 0.3 is 0 Å². The fourth-order valence-corrected chi connectivity index (χ4v) is 2.32. The Morgan fingerprint density at radius 3 is 2.44 bits per heavy atom. The summed E-state index contributed by atoms with van der Waals surface area (Å²) in [6, 6.07) is 8.41. The molecule has 2 rings (SSSR count). The van der Waals surface area contributed by atoms with Crippen molar-refractivity contribution in [2.45, 2.75) is 20.8 Å². The Balaban J connectivity index is 2.27. The second kappa shape index (κ2) is 4.63. The van der Waals surface area contributed by atoms with Gasteiger partial charge in [-0.1, -0.05) is 26.0 Å². The first-order valence-electron chi connectivity index (χ1n) is 6.48. The summed E-state index contributed by atoms with van der Waals surface area (Å²) >= 11 is 0. The number of Topliss-reactive ketones (excluding diaryl/α,β-unsaturated/α-hetero) is 1. The summed E-state index contributed by atoms with van der Waals surface area (Å²) in [5.41, 5.74) is 2.20. The molecule has 18 heavy (non-hydrogen) atoms. The van der Waals surface area contributed by atoms with Gasteiger partial charge in [0.25, 0.3) is 0 Å². The Kier molecular flexibility index (Phi) is 3.33. The van der Waals surface area contributed by atoms with Crippen molar-refractivity contribution >= 4 is 17.2 Å². The number of rotatable bonds is 3. The van der Waals surface area contributed by atoms with Crippen molar-refractivity contribution < 1.29 is 4.79 Å². The highest BCUT2D eigenvalue weighted by Gasteiger charge is 2.29. The predicted octanol–water partition coefficient (Wildman–Crippen LogP) is 2.56. The third-order valence-corrected chi connectivity index (χ3v) is 3.88. The van der Waals surface area contributed by atoms with E-state index in [1.54, 1.807) is 6.92 Å². The minimum absolute atomic E-state index is 0.249. The van der Waals surface area contributed by atoms with Crippen LogP contribution in [0, 0.1) is 5.41 Å². The molecule has 0 radical (unpaired) electrons. The lowest BCUT2D eigenvalue weighted by Crippen LogP contribution is -2.45. The van der Waals surface area contributed by atoms with E-state index in [0.717, 1.165) is 19.6 Å². The molecule has 3 heteroatoms. The number of benzene rings is 1. The number of fused-ring (bicyclic) bond motifs is 1. The maximum absolute atomic E-state index is 11.7. The number of ketones is 1. The highest BCUT2D eigenvalue weighted by molar-refractivity contribution is 5.83. The number of anilines is 2. The van der Waals surface area contributed by atoms with Crippen molar-refractivity contribution in [3.05, 3.63) is 24.3 Å². The molecule has 1 aromatic carbocycles. The van der Waals surface area contributed by atoms with Crippen LogP contribution in [0.5, 0.6) is 0 Å². The quantitative estimate of drug-likeness (QED) is 0.819. The van der Waals surface area contributed by atoms with Crippen LogP contribution in [-0.2, 0) is 4.79 Å². The van der Waals surface area contributed by atoms with Crippen molar-refractivity contribution in [2.24, 2.45) is 5.41 Å². The molecule has 1 aromatic rings. The summed E-state index contributed by atoms with van der Waals surface area (Å²) in [6.07, 6.45) is 0. The summed E-state index contributed by atoms with van der Waals surface area (Å²) in [6.45, 7) is 8.50. The lowest BCUT2D eigenvalue weighted by atomic mass is 9.88. The summed E-state index contributed by atoms with van der Waals surface area (Å²) in [5.74, 6) is 0.249. The highest BCUT2D eigenvalue weighted by atomic mass is 16.1. The van der Waals surface area contributed by atoms with Crippen molar-refractivity contribution in [1.82, 2.24) is 0 Å². The lowest BCUT2D eigenvalue weighted by molar-refractivity contribution is -0.124. The first kappa shape index (κ1) is 12.9. The number of hydrogen-bond acceptors (Lipinski definition) is 3. The van der Waals surface area contributed by atoms with Crippen molar-refractivity contribution in [3.8, 4) is 0 Å². The maximum atomic E-state index is 11.7. The van der Waals surface area contributed by atoms with Crippen LogP contribution in [0.4, 0.5) is 11.4 Å². The lowest BCUT2D eigenvalue weighted by Gasteiger charge is -2.40. The summed E-state index contributed by atoms with van der Waals surface area (Å²) in [4.78, 5) is 16.3. The molecule has 0 N–H and O–H groups in total. The number of nitrogens with zero attached hydrogens (tertiary/aromatic N) is 2. The van der Waals surface area contributed by atoms with E-state index in [4.69, 9.17) is 0 Å². The Bertz CT molecular complexity index is 454. The monoisotopic (exact) mass is 246 g/mol. The Hall–Kier alpha value is -1.51. The molecule has 0 aliphatic carbocycles. The minimum Gasteiger partial charge on any atom is -0.371 e. The second-order valence-electron chi connectivity index (χ2n) is 5.77. The van der Waals surface area contributed by atoms with Crippen molar-refractivity contribution in [1.29, 1.82) is 0 Å². The van der Waals surface area contributed by atoms with Crippen LogP contribution < -0.4 is 9.80 Å². The van der Waals surface area contributed by atoms with Gasteiger partial charge in [-0.25, -0.2) is 0 Å². The Morgan fingerprint density at radius 1 is 1.22 bits per heavy atom. The van der Waals surface area contributed by atoms with E-state index in [1.807, 2.05) is 13.8 Å². The van der Waals surface area contributed by atoms with Crippen LogP contribution in [0.15, 0.2) is 24.3 Å². The molecule has 1 aliphatic heterocycles. The molecule has 0 saturated carbocycles. The number of hydrogen-bond donors (Lipinski definition) is 0. The van der Waals surface area contributed by atoms with E-state index >= 15 is 0 Å². The minimum atomic E-state index is -0.289. The standard InChI is InChI=1S/C15H22N2O/c1-12(18)15(2,3)11-17-10-9-16(4)13-7-5-6-8-14(13)17/h5-8H,9-11H2,1-4H3. The van der Waals surface area contributed by atoms with Gasteiger partial charge in [0.1, 0.15) is 5.78 Å². The fraction of sp³-hybridized carbons (Fsp3) is 0.533. The van der Waals surface area contributed by atoms with Gasteiger partial charge in [0.05, 0.1) is 11.4 Å². The molecule has 98 valence electrons. The zero-order valence-corrected chi connectivity index (χ0v) is 11.7. The fourth-order valence-electron chi connectivity index (χ4n) is 2.32. The molecule has 3 nitrogen and oxygen atoms in total. The Morgan fingerprint density at radius 2 is 1.83 bits per heavy atom. The van der Waals surface area contributed by atoms with E-state index in [0.29, 0.717) is 0 Å². The third kappa shape index (κ3) is 2.35. The molecule has 0 spiro atoms. The molecule has 1 heterocycles. The summed E-state index contributed by atoms with van der Waals surface area (Å²) in [7, 11) is 2.12. The van der Waals surface area contributed by atoms with Crippen LogP contribution in [-0.4, -0.2) is 32.5 Å². The van der Waals surface area contributed by atoms with Crippen LogP contribution >= 0.6 is 0 Å². The molecule has 0 fully saturated rings. The first-order chi connectivity index (χ1) is 8.42. The Labute approximate surface area is 109 Å². The van der Waals surface area contributed by atoms with Crippen LogP contribution in [0.1, 0.15) is 20.8 Å². The molecule has 0 saturated heterocycles. The summed E-state index contributed by atoms with van der Waals surface area (Å²) < 4.78 is 0.